The zero-order chi connectivity index (χ0) is 17.9. The minimum atomic E-state index is 0.561. The van der Waals surface area contributed by atoms with Gasteiger partial charge in [0.05, 0.1) is 19.1 Å². The number of hydrogen-bond donors (Lipinski definition) is 0. The summed E-state index contributed by atoms with van der Waals surface area (Å²) in [4.78, 5) is 0. The van der Waals surface area contributed by atoms with Crippen LogP contribution in [0.15, 0.2) is 69.0 Å². The lowest BCUT2D eigenvalue weighted by Crippen LogP contribution is -2.03. The van der Waals surface area contributed by atoms with Crippen LogP contribution in [-0.2, 0) is 12.3 Å². The number of aryl methyl sites for hydroxylation is 2. The Kier molecular flexibility index (Phi) is 4.67. The Morgan fingerprint density at radius 1 is 1.00 bits per heavy atom. The maximum Gasteiger partial charge on any atom is 0.200 e. The molecule has 0 unspecified atom stereocenters. The first-order valence-electron chi connectivity index (χ1n) is 8.39. The van der Waals surface area contributed by atoms with Crippen molar-refractivity contribution in [1.29, 1.82) is 0 Å². The van der Waals surface area contributed by atoms with Gasteiger partial charge < -0.3 is 8.83 Å². The molecule has 0 spiro atoms. The number of aromatic nitrogens is 3. The molecule has 0 saturated heterocycles. The highest BCUT2D eigenvalue weighted by atomic mass is 32.2. The van der Waals surface area contributed by atoms with E-state index in [-0.39, 0.29) is 0 Å². The fourth-order valence-corrected chi connectivity index (χ4v) is 3.78. The number of rotatable bonds is 6. The second-order valence-electron chi connectivity index (χ2n) is 6.17. The van der Waals surface area contributed by atoms with E-state index in [0.29, 0.717) is 18.1 Å². The summed E-state index contributed by atoms with van der Waals surface area (Å²) in [5.74, 6) is 3.09. The van der Waals surface area contributed by atoms with Crippen LogP contribution in [0.2, 0.25) is 0 Å². The van der Waals surface area contributed by atoms with E-state index in [0.717, 1.165) is 16.7 Å². The molecule has 5 nitrogen and oxygen atoms in total. The lowest BCUT2D eigenvalue weighted by molar-refractivity contribution is 0.482. The van der Waals surface area contributed by atoms with Crippen LogP contribution in [0.5, 0.6) is 0 Å². The standard InChI is InChI=1S/C20H19N3O2S/c1-14-7-8-15(2)16(11-14)13-26-20-22-21-19(18-6-4-10-25-18)23(20)12-17-5-3-9-24-17/h3-11H,12-13H2,1-2H3. The predicted molar refractivity (Wildman–Crippen MR) is 101 cm³/mol. The fourth-order valence-electron chi connectivity index (χ4n) is 2.78. The molecular formula is C20H19N3O2S. The molecule has 0 atom stereocenters. The summed E-state index contributed by atoms with van der Waals surface area (Å²) in [5.41, 5.74) is 3.85. The highest BCUT2D eigenvalue weighted by molar-refractivity contribution is 7.98. The molecule has 3 heterocycles. The van der Waals surface area contributed by atoms with Crippen LogP contribution in [0.4, 0.5) is 0 Å². The van der Waals surface area contributed by atoms with Gasteiger partial charge in [0.1, 0.15) is 5.76 Å². The van der Waals surface area contributed by atoms with Crippen molar-refractivity contribution in [3.05, 3.63) is 77.4 Å². The molecule has 0 fully saturated rings. The predicted octanol–water partition coefficient (Wildman–Crippen LogP) is 5.09. The smallest absolute Gasteiger partial charge is 0.200 e. The summed E-state index contributed by atoms with van der Waals surface area (Å²) >= 11 is 1.67. The molecule has 26 heavy (non-hydrogen) atoms. The lowest BCUT2D eigenvalue weighted by Gasteiger charge is -2.09. The normalized spacial score (nSPS) is 11.2. The minimum absolute atomic E-state index is 0.561. The Morgan fingerprint density at radius 2 is 1.85 bits per heavy atom. The molecule has 0 N–H and O–H groups in total. The fraction of sp³-hybridized carbons (Fsp3) is 0.200. The molecule has 0 aliphatic carbocycles. The van der Waals surface area contributed by atoms with E-state index in [1.807, 2.05) is 28.8 Å². The Balaban J connectivity index is 1.64. The molecule has 0 aliphatic heterocycles. The van der Waals surface area contributed by atoms with Crippen LogP contribution in [0.1, 0.15) is 22.5 Å². The molecular weight excluding hydrogens is 346 g/mol. The average molecular weight is 365 g/mol. The van der Waals surface area contributed by atoms with Crippen LogP contribution < -0.4 is 0 Å². The molecule has 4 rings (SSSR count). The first-order chi connectivity index (χ1) is 12.7. The average Bonchev–Trinajstić information content (AvgIpc) is 3.38. The van der Waals surface area contributed by atoms with E-state index in [1.54, 1.807) is 24.3 Å². The Labute approximate surface area is 156 Å². The molecule has 4 aromatic rings. The molecule has 0 bridgehead atoms. The number of thioether (sulfide) groups is 1. The van der Waals surface area contributed by atoms with Crippen LogP contribution in [0.25, 0.3) is 11.6 Å². The van der Waals surface area contributed by atoms with Crippen LogP contribution >= 0.6 is 11.8 Å². The van der Waals surface area contributed by atoms with Crippen LogP contribution in [0.3, 0.4) is 0 Å². The second kappa shape index (κ2) is 7.25. The van der Waals surface area contributed by atoms with Crippen molar-refractivity contribution >= 4 is 11.8 Å². The van der Waals surface area contributed by atoms with Crippen molar-refractivity contribution in [2.24, 2.45) is 0 Å². The van der Waals surface area contributed by atoms with Gasteiger partial charge in [-0.15, -0.1) is 10.2 Å². The van der Waals surface area contributed by atoms with Crippen molar-refractivity contribution in [1.82, 2.24) is 14.8 Å². The van der Waals surface area contributed by atoms with Gasteiger partial charge in [0.25, 0.3) is 0 Å². The van der Waals surface area contributed by atoms with Crippen LogP contribution in [0, 0.1) is 13.8 Å². The second-order valence-corrected chi connectivity index (χ2v) is 7.11. The van der Waals surface area contributed by atoms with Gasteiger partial charge in [0.15, 0.2) is 10.9 Å². The lowest BCUT2D eigenvalue weighted by atomic mass is 10.1. The van der Waals surface area contributed by atoms with Gasteiger partial charge in [0.2, 0.25) is 5.82 Å². The van der Waals surface area contributed by atoms with E-state index in [1.165, 1.54) is 16.7 Å². The zero-order valence-electron chi connectivity index (χ0n) is 14.7. The third-order valence-corrected chi connectivity index (χ3v) is 5.23. The monoisotopic (exact) mass is 365 g/mol. The minimum Gasteiger partial charge on any atom is -0.467 e. The molecule has 1 aromatic carbocycles. The number of hydrogen-bond acceptors (Lipinski definition) is 5. The van der Waals surface area contributed by atoms with E-state index in [9.17, 15) is 0 Å². The first kappa shape index (κ1) is 16.7. The van der Waals surface area contributed by atoms with Gasteiger partial charge >= 0.3 is 0 Å². The van der Waals surface area contributed by atoms with Gasteiger partial charge in [-0.25, -0.2) is 0 Å². The number of nitrogens with zero attached hydrogens (tertiary/aromatic N) is 3. The maximum atomic E-state index is 5.53. The topological polar surface area (TPSA) is 57.0 Å². The van der Waals surface area contributed by atoms with Gasteiger partial charge in [-0.2, -0.15) is 0 Å². The van der Waals surface area contributed by atoms with Crippen molar-refractivity contribution < 1.29 is 8.83 Å². The largest absolute Gasteiger partial charge is 0.467 e. The van der Waals surface area contributed by atoms with E-state index >= 15 is 0 Å². The summed E-state index contributed by atoms with van der Waals surface area (Å²) in [6.07, 6.45) is 3.32. The Morgan fingerprint density at radius 3 is 2.62 bits per heavy atom. The molecule has 0 saturated carbocycles. The summed E-state index contributed by atoms with van der Waals surface area (Å²) in [6.45, 7) is 4.81. The van der Waals surface area contributed by atoms with Gasteiger partial charge in [0, 0.05) is 5.75 Å². The van der Waals surface area contributed by atoms with Gasteiger partial charge in [-0.1, -0.05) is 35.5 Å². The summed E-state index contributed by atoms with van der Waals surface area (Å²) < 4.78 is 13.1. The van der Waals surface area contributed by atoms with Crippen LogP contribution in [-0.4, -0.2) is 14.8 Å². The highest BCUT2D eigenvalue weighted by Gasteiger charge is 2.18. The number of furan rings is 2. The first-order valence-corrected chi connectivity index (χ1v) is 9.37. The maximum absolute atomic E-state index is 5.53. The molecule has 132 valence electrons. The number of benzene rings is 1. The molecule has 6 heteroatoms. The van der Waals surface area contributed by atoms with Crippen molar-refractivity contribution in [3.63, 3.8) is 0 Å². The SMILES string of the molecule is Cc1ccc(C)c(CSc2nnc(-c3ccco3)n2Cc2ccco2)c1. The zero-order valence-corrected chi connectivity index (χ0v) is 15.5. The third-order valence-electron chi connectivity index (χ3n) is 4.21. The van der Waals surface area contributed by atoms with E-state index in [4.69, 9.17) is 8.83 Å². The van der Waals surface area contributed by atoms with E-state index in [2.05, 4.69) is 42.2 Å². The molecule has 3 aromatic heterocycles. The molecule has 0 aliphatic rings. The highest BCUT2D eigenvalue weighted by Crippen LogP contribution is 2.28. The Hall–Kier alpha value is -2.73. The molecule has 0 amide bonds. The third kappa shape index (κ3) is 3.46. The summed E-state index contributed by atoms with van der Waals surface area (Å²) in [5, 5.41) is 9.58. The Bertz CT molecular complexity index is 988. The van der Waals surface area contributed by atoms with Crippen molar-refractivity contribution in [2.45, 2.75) is 31.3 Å². The van der Waals surface area contributed by atoms with Crippen molar-refractivity contribution in [2.75, 3.05) is 0 Å². The van der Waals surface area contributed by atoms with Crippen molar-refractivity contribution in [3.8, 4) is 11.6 Å². The summed E-state index contributed by atoms with van der Waals surface area (Å²) in [7, 11) is 0. The van der Waals surface area contributed by atoms with Gasteiger partial charge in [-0.3, -0.25) is 4.57 Å². The van der Waals surface area contributed by atoms with E-state index < -0.39 is 0 Å². The quantitative estimate of drug-likeness (QED) is 0.446. The summed E-state index contributed by atoms with van der Waals surface area (Å²) in [6, 6.07) is 14.1. The van der Waals surface area contributed by atoms with Gasteiger partial charge in [-0.05, 0) is 49.2 Å². The molecule has 0 radical (unpaired) electrons.